The van der Waals surface area contributed by atoms with Crippen LogP contribution in [0.2, 0.25) is 5.02 Å². The largest absolute Gasteiger partial charge is 0.310 e. The van der Waals surface area contributed by atoms with Crippen LogP contribution in [0.15, 0.2) is 18.3 Å². The van der Waals surface area contributed by atoms with Crippen molar-refractivity contribution >= 4 is 23.3 Å². The van der Waals surface area contributed by atoms with Crippen LogP contribution in [0, 0.1) is 5.92 Å². The van der Waals surface area contributed by atoms with Gasteiger partial charge in [-0.1, -0.05) is 31.9 Å². The predicted molar refractivity (Wildman–Crippen MR) is 61.9 cm³/mol. The molecule has 1 N–H and O–H groups in total. The molecule has 1 aromatic heterocycles. The number of amides is 1. The Morgan fingerprint density at radius 1 is 1.60 bits per heavy atom. The second-order valence-corrected chi connectivity index (χ2v) is 3.98. The van der Waals surface area contributed by atoms with E-state index < -0.39 is 0 Å². The minimum Gasteiger partial charge on any atom is -0.310 e. The molecule has 0 saturated carbocycles. The Kier molecular flexibility index (Phi) is 4.56. The summed E-state index contributed by atoms with van der Waals surface area (Å²) in [7, 11) is 0. The predicted octanol–water partition coefficient (Wildman–Crippen LogP) is 3.11. The lowest BCUT2D eigenvalue weighted by atomic mass is 10.1. The van der Waals surface area contributed by atoms with Crippen molar-refractivity contribution in [2.75, 3.05) is 5.32 Å². The summed E-state index contributed by atoms with van der Waals surface area (Å²) in [4.78, 5) is 15.6. The van der Waals surface area contributed by atoms with Crippen LogP contribution in [0.25, 0.3) is 0 Å². The number of carbonyl (C=O) groups excluding carboxylic acids is 1. The van der Waals surface area contributed by atoms with Crippen LogP contribution in [0.4, 0.5) is 5.82 Å². The Bertz CT molecular complexity index is 324. The smallest absolute Gasteiger partial charge is 0.228 e. The third-order valence-electron chi connectivity index (χ3n) is 2.15. The number of nitrogens with zero attached hydrogens (tertiary/aromatic N) is 1. The summed E-state index contributed by atoms with van der Waals surface area (Å²) in [5.41, 5.74) is 0. The van der Waals surface area contributed by atoms with E-state index in [1.165, 1.54) is 6.20 Å². The highest BCUT2D eigenvalue weighted by atomic mass is 35.5. The van der Waals surface area contributed by atoms with E-state index >= 15 is 0 Å². The topological polar surface area (TPSA) is 42.0 Å². The quantitative estimate of drug-likeness (QED) is 0.857. The van der Waals surface area contributed by atoms with Gasteiger partial charge in [-0.05, 0) is 18.6 Å². The maximum atomic E-state index is 11.6. The van der Waals surface area contributed by atoms with Crippen LogP contribution in [-0.2, 0) is 4.79 Å². The summed E-state index contributed by atoms with van der Waals surface area (Å²) < 4.78 is 0. The molecule has 0 aliphatic rings. The number of halogens is 1. The van der Waals surface area contributed by atoms with E-state index in [0.29, 0.717) is 10.8 Å². The van der Waals surface area contributed by atoms with Crippen LogP contribution in [0.3, 0.4) is 0 Å². The molecule has 0 aromatic carbocycles. The zero-order valence-corrected chi connectivity index (χ0v) is 9.71. The Labute approximate surface area is 94.9 Å². The SMILES string of the molecule is CCC[C@H](C)C(=O)Nc1ccc(Cl)cn1. The standard InChI is InChI=1S/C11H15ClN2O/c1-3-4-8(2)11(15)14-10-6-5-9(12)7-13-10/h5-8H,3-4H2,1-2H3,(H,13,14,15)/t8-/m0/s1. The fourth-order valence-corrected chi connectivity index (χ4v) is 1.38. The van der Waals surface area contributed by atoms with Crippen molar-refractivity contribution in [2.45, 2.75) is 26.7 Å². The van der Waals surface area contributed by atoms with Crippen molar-refractivity contribution in [3.8, 4) is 0 Å². The molecule has 4 heteroatoms. The van der Waals surface area contributed by atoms with Crippen LogP contribution in [0.5, 0.6) is 0 Å². The summed E-state index contributed by atoms with van der Waals surface area (Å²) in [5.74, 6) is 0.575. The van der Waals surface area contributed by atoms with Crippen molar-refractivity contribution in [1.82, 2.24) is 4.98 Å². The molecule has 0 radical (unpaired) electrons. The monoisotopic (exact) mass is 226 g/mol. The number of anilines is 1. The first kappa shape index (κ1) is 12.0. The van der Waals surface area contributed by atoms with Gasteiger partial charge in [-0.3, -0.25) is 4.79 Å². The highest BCUT2D eigenvalue weighted by molar-refractivity contribution is 6.30. The number of rotatable bonds is 4. The van der Waals surface area contributed by atoms with Gasteiger partial charge in [0.1, 0.15) is 5.82 Å². The van der Waals surface area contributed by atoms with Gasteiger partial charge in [0.2, 0.25) is 5.91 Å². The molecule has 0 aliphatic heterocycles. The lowest BCUT2D eigenvalue weighted by molar-refractivity contribution is -0.119. The molecule has 0 aliphatic carbocycles. The molecule has 15 heavy (non-hydrogen) atoms. The number of pyridine rings is 1. The van der Waals surface area contributed by atoms with Gasteiger partial charge in [0, 0.05) is 12.1 Å². The molecule has 1 aromatic rings. The average molecular weight is 227 g/mol. The van der Waals surface area contributed by atoms with Gasteiger partial charge in [-0.25, -0.2) is 4.98 Å². The second-order valence-electron chi connectivity index (χ2n) is 3.54. The van der Waals surface area contributed by atoms with E-state index in [4.69, 9.17) is 11.6 Å². The first-order valence-electron chi connectivity index (χ1n) is 5.06. The van der Waals surface area contributed by atoms with Gasteiger partial charge in [0.15, 0.2) is 0 Å². The molecular formula is C11H15ClN2O. The molecule has 0 unspecified atom stereocenters. The van der Waals surface area contributed by atoms with E-state index in [9.17, 15) is 4.79 Å². The van der Waals surface area contributed by atoms with Gasteiger partial charge in [-0.15, -0.1) is 0 Å². The third kappa shape index (κ3) is 3.88. The maximum absolute atomic E-state index is 11.6. The molecule has 82 valence electrons. The molecule has 0 fully saturated rings. The number of hydrogen-bond acceptors (Lipinski definition) is 2. The van der Waals surface area contributed by atoms with Crippen LogP contribution >= 0.6 is 11.6 Å². The fourth-order valence-electron chi connectivity index (χ4n) is 1.26. The molecule has 0 bridgehead atoms. The van der Waals surface area contributed by atoms with Gasteiger partial charge < -0.3 is 5.32 Å². The number of carbonyl (C=O) groups is 1. The lowest BCUT2D eigenvalue weighted by Crippen LogP contribution is -2.20. The van der Waals surface area contributed by atoms with E-state index in [0.717, 1.165) is 12.8 Å². The highest BCUT2D eigenvalue weighted by Crippen LogP contribution is 2.12. The van der Waals surface area contributed by atoms with Crippen LogP contribution < -0.4 is 5.32 Å². The fraction of sp³-hybridized carbons (Fsp3) is 0.455. The van der Waals surface area contributed by atoms with Crippen molar-refractivity contribution in [3.63, 3.8) is 0 Å². The summed E-state index contributed by atoms with van der Waals surface area (Å²) in [6, 6.07) is 3.40. The molecule has 3 nitrogen and oxygen atoms in total. The first-order chi connectivity index (χ1) is 7.13. The highest BCUT2D eigenvalue weighted by Gasteiger charge is 2.11. The Morgan fingerprint density at radius 3 is 2.87 bits per heavy atom. The van der Waals surface area contributed by atoms with Gasteiger partial charge in [-0.2, -0.15) is 0 Å². The zero-order chi connectivity index (χ0) is 11.3. The van der Waals surface area contributed by atoms with Gasteiger partial charge >= 0.3 is 0 Å². The normalized spacial score (nSPS) is 12.2. The molecule has 1 rings (SSSR count). The Balaban J connectivity index is 2.54. The molecular weight excluding hydrogens is 212 g/mol. The number of nitrogens with one attached hydrogen (secondary N) is 1. The third-order valence-corrected chi connectivity index (χ3v) is 2.37. The maximum Gasteiger partial charge on any atom is 0.228 e. The van der Waals surface area contributed by atoms with Crippen molar-refractivity contribution in [1.29, 1.82) is 0 Å². The Hall–Kier alpha value is -1.09. The van der Waals surface area contributed by atoms with E-state index in [-0.39, 0.29) is 11.8 Å². The lowest BCUT2D eigenvalue weighted by Gasteiger charge is -2.10. The molecule has 1 atom stereocenters. The first-order valence-corrected chi connectivity index (χ1v) is 5.43. The van der Waals surface area contributed by atoms with Crippen molar-refractivity contribution in [2.24, 2.45) is 5.92 Å². The van der Waals surface area contributed by atoms with Crippen molar-refractivity contribution in [3.05, 3.63) is 23.4 Å². The molecule has 1 amide bonds. The van der Waals surface area contributed by atoms with Crippen LogP contribution in [0.1, 0.15) is 26.7 Å². The average Bonchev–Trinajstić information content (AvgIpc) is 2.22. The summed E-state index contributed by atoms with van der Waals surface area (Å²) >= 11 is 5.69. The van der Waals surface area contributed by atoms with E-state index in [1.54, 1.807) is 12.1 Å². The van der Waals surface area contributed by atoms with Gasteiger partial charge in [0.05, 0.1) is 5.02 Å². The summed E-state index contributed by atoms with van der Waals surface area (Å²) in [6.07, 6.45) is 3.41. The second kappa shape index (κ2) is 5.71. The minimum atomic E-state index is 0.00618. The molecule has 0 spiro atoms. The number of aromatic nitrogens is 1. The number of hydrogen-bond donors (Lipinski definition) is 1. The summed E-state index contributed by atoms with van der Waals surface area (Å²) in [6.45, 7) is 3.97. The molecule has 0 saturated heterocycles. The summed E-state index contributed by atoms with van der Waals surface area (Å²) in [5, 5.41) is 3.31. The van der Waals surface area contributed by atoms with Crippen LogP contribution in [-0.4, -0.2) is 10.9 Å². The van der Waals surface area contributed by atoms with E-state index in [2.05, 4.69) is 17.2 Å². The molecule has 1 heterocycles. The van der Waals surface area contributed by atoms with E-state index in [1.807, 2.05) is 6.92 Å². The minimum absolute atomic E-state index is 0.00618. The van der Waals surface area contributed by atoms with Crippen molar-refractivity contribution < 1.29 is 4.79 Å². The zero-order valence-electron chi connectivity index (χ0n) is 8.96. The Morgan fingerprint density at radius 2 is 2.33 bits per heavy atom. The van der Waals surface area contributed by atoms with Gasteiger partial charge in [0.25, 0.3) is 0 Å².